The molecule has 0 aliphatic heterocycles. The molecular formula is C20H34O. The van der Waals surface area contributed by atoms with Crippen molar-refractivity contribution in [1.29, 1.82) is 0 Å². The first-order chi connectivity index (χ1) is 9.92. The minimum atomic E-state index is 0.216. The Morgan fingerprint density at radius 1 is 1.05 bits per heavy atom. The Morgan fingerprint density at radius 2 is 1.67 bits per heavy atom. The van der Waals surface area contributed by atoms with Crippen molar-refractivity contribution >= 4 is 0 Å². The Bertz CT molecular complexity index is 385. The van der Waals surface area contributed by atoms with Crippen molar-refractivity contribution in [3.63, 3.8) is 0 Å². The van der Waals surface area contributed by atoms with Gasteiger partial charge in [-0.25, -0.2) is 0 Å². The highest BCUT2D eigenvalue weighted by Gasteiger charge is 2.18. The fourth-order valence-electron chi connectivity index (χ4n) is 2.85. The van der Waals surface area contributed by atoms with Crippen LogP contribution in [0.3, 0.4) is 0 Å². The average Bonchev–Trinajstić information content (AvgIpc) is 2.47. The topological polar surface area (TPSA) is 9.23 Å². The highest BCUT2D eigenvalue weighted by Crippen LogP contribution is 2.30. The van der Waals surface area contributed by atoms with Gasteiger partial charge in [0.25, 0.3) is 0 Å². The largest absolute Gasteiger partial charge is 0.377 e. The zero-order valence-corrected chi connectivity index (χ0v) is 14.9. The molecule has 0 aromatic heterocycles. The maximum atomic E-state index is 5.77. The van der Waals surface area contributed by atoms with Crippen LogP contribution in [0.5, 0.6) is 0 Å². The monoisotopic (exact) mass is 290 g/mol. The average molecular weight is 290 g/mol. The number of unbranched alkanes of at least 4 members (excludes halogenated alkanes) is 1. The third-order valence-electron chi connectivity index (χ3n) is 4.52. The van der Waals surface area contributed by atoms with Crippen LogP contribution >= 0.6 is 0 Å². The molecule has 1 aromatic rings. The summed E-state index contributed by atoms with van der Waals surface area (Å²) in [5.41, 5.74) is 2.92. The van der Waals surface area contributed by atoms with Crippen molar-refractivity contribution in [2.45, 2.75) is 78.2 Å². The predicted octanol–water partition coefficient (Wildman–Crippen LogP) is 6.28. The van der Waals surface area contributed by atoms with E-state index in [9.17, 15) is 0 Å². The molecule has 0 radical (unpaired) electrons. The summed E-state index contributed by atoms with van der Waals surface area (Å²) in [6.07, 6.45) is 6.57. The molecule has 120 valence electrons. The van der Waals surface area contributed by atoms with E-state index in [1.807, 2.05) is 7.11 Å². The lowest BCUT2D eigenvalue weighted by molar-refractivity contribution is 0.0774. The Kier molecular flexibility index (Phi) is 7.45. The van der Waals surface area contributed by atoms with Crippen molar-refractivity contribution in [2.24, 2.45) is 5.92 Å². The minimum absolute atomic E-state index is 0.216. The van der Waals surface area contributed by atoms with Gasteiger partial charge in [0, 0.05) is 7.11 Å². The lowest BCUT2D eigenvalue weighted by Crippen LogP contribution is -2.12. The molecule has 1 rings (SSSR count). The van der Waals surface area contributed by atoms with Gasteiger partial charge in [0.1, 0.15) is 0 Å². The summed E-state index contributed by atoms with van der Waals surface area (Å²) in [4.78, 5) is 0. The number of hydrogen-bond acceptors (Lipinski definition) is 1. The molecule has 1 aromatic carbocycles. The predicted molar refractivity (Wildman–Crippen MR) is 92.8 cm³/mol. The van der Waals surface area contributed by atoms with Crippen LogP contribution in [-0.2, 0) is 10.2 Å². The molecule has 2 unspecified atom stereocenters. The quantitative estimate of drug-likeness (QED) is 0.547. The van der Waals surface area contributed by atoms with E-state index >= 15 is 0 Å². The molecule has 0 aliphatic carbocycles. The maximum Gasteiger partial charge on any atom is 0.0823 e. The summed E-state index contributed by atoms with van der Waals surface area (Å²) >= 11 is 0. The van der Waals surface area contributed by atoms with Gasteiger partial charge in [-0.15, -0.1) is 0 Å². The number of benzene rings is 1. The van der Waals surface area contributed by atoms with Gasteiger partial charge in [0.05, 0.1) is 6.10 Å². The first-order valence-electron chi connectivity index (χ1n) is 8.55. The normalized spacial score (nSPS) is 15.0. The van der Waals surface area contributed by atoms with Crippen LogP contribution in [0, 0.1) is 5.92 Å². The molecule has 0 heterocycles. The van der Waals surface area contributed by atoms with E-state index in [0.29, 0.717) is 0 Å². The fraction of sp³-hybridized carbons (Fsp3) is 0.700. The molecule has 0 amide bonds. The van der Waals surface area contributed by atoms with Crippen molar-refractivity contribution < 1.29 is 4.74 Å². The van der Waals surface area contributed by atoms with Crippen LogP contribution in [0.1, 0.15) is 84.0 Å². The zero-order valence-electron chi connectivity index (χ0n) is 14.9. The van der Waals surface area contributed by atoms with Crippen molar-refractivity contribution in [2.75, 3.05) is 7.11 Å². The van der Waals surface area contributed by atoms with Gasteiger partial charge in [-0.1, -0.05) is 84.6 Å². The van der Waals surface area contributed by atoms with E-state index < -0.39 is 0 Å². The maximum absolute atomic E-state index is 5.77. The minimum Gasteiger partial charge on any atom is -0.377 e. The molecule has 2 atom stereocenters. The van der Waals surface area contributed by atoms with Gasteiger partial charge in [0.15, 0.2) is 0 Å². The Labute approximate surface area is 132 Å². The summed E-state index contributed by atoms with van der Waals surface area (Å²) in [7, 11) is 1.84. The van der Waals surface area contributed by atoms with E-state index in [1.165, 1.54) is 36.8 Å². The standard InChI is InChI=1S/C20H34O/c1-7-9-10-16(8-2)15-19(21-6)17-11-13-18(14-12-17)20(3,4)5/h11-14,16,19H,7-10,15H2,1-6H3. The number of hydrogen-bond donors (Lipinski definition) is 0. The Balaban J connectivity index is 2.75. The summed E-state index contributed by atoms with van der Waals surface area (Å²) in [6, 6.07) is 9.02. The van der Waals surface area contributed by atoms with Crippen LogP contribution in [-0.4, -0.2) is 7.11 Å². The highest BCUT2D eigenvalue weighted by atomic mass is 16.5. The molecule has 0 saturated heterocycles. The molecule has 0 saturated carbocycles. The molecular weight excluding hydrogens is 256 g/mol. The van der Waals surface area contributed by atoms with Gasteiger partial charge >= 0.3 is 0 Å². The van der Waals surface area contributed by atoms with Crippen molar-refractivity contribution in [3.05, 3.63) is 35.4 Å². The molecule has 0 fully saturated rings. The summed E-state index contributed by atoms with van der Waals surface area (Å²) in [6.45, 7) is 11.3. The second-order valence-electron chi connectivity index (χ2n) is 7.25. The molecule has 0 N–H and O–H groups in total. The summed E-state index contributed by atoms with van der Waals surface area (Å²) in [5, 5.41) is 0. The van der Waals surface area contributed by atoms with Crippen molar-refractivity contribution in [3.8, 4) is 0 Å². The number of methoxy groups -OCH3 is 1. The Hall–Kier alpha value is -0.820. The highest BCUT2D eigenvalue weighted by molar-refractivity contribution is 5.28. The van der Waals surface area contributed by atoms with Gasteiger partial charge < -0.3 is 4.74 Å². The van der Waals surface area contributed by atoms with Gasteiger partial charge in [0.2, 0.25) is 0 Å². The molecule has 0 aliphatic rings. The van der Waals surface area contributed by atoms with Crippen molar-refractivity contribution in [1.82, 2.24) is 0 Å². The van der Waals surface area contributed by atoms with E-state index in [-0.39, 0.29) is 11.5 Å². The summed E-state index contributed by atoms with van der Waals surface area (Å²) in [5.74, 6) is 0.775. The van der Waals surface area contributed by atoms with Gasteiger partial charge in [-0.2, -0.15) is 0 Å². The molecule has 0 spiro atoms. The third-order valence-corrected chi connectivity index (χ3v) is 4.52. The van der Waals surface area contributed by atoms with E-state index in [4.69, 9.17) is 4.74 Å². The fourth-order valence-corrected chi connectivity index (χ4v) is 2.85. The first kappa shape index (κ1) is 18.2. The lowest BCUT2D eigenvalue weighted by atomic mass is 9.85. The molecule has 21 heavy (non-hydrogen) atoms. The third kappa shape index (κ3) is 5.82. The van der Waals surface area contributed by atoms with E-state index in [2.05, 4.69) is 58.9 Å². The SMILES string of the molecule is CCCCC(CC)CC(OC)c1ccc(C(C)(C)C)cc1. The van der Waals surface area contributed by atoms with Crippen LogP contribution in [0.15, 0.2) is 24.3 Å². The first-order valence-corrected chi connectivity index (χ1v) is 8.55. The molecule has 1 heteroatoms. The number of rotatable bonds is 8. The second-order valence-corrected chi connectivity index (χ2v) is 7.25. The van der Waals surface area contributed by atoms with Crippen LogP contribution < -0.4 is 0 Å². The molecule has 1 nitrogen and oxygen atoms in total. The van der Waals surface area contributed by atoms with Crippen LogP contribution in [0.4, 0.5) is 0 Å². The molecule has 0 bridgehead atoms. The van der Waals surface area contributed by atoms with E-state index in [0.717, 1.165) is 12.3 Å². The van der Waals surface area contributed by atoms with Crippen LogP contribution in [0.25, 0.3) is 0 Å². The lowest BCUT2D eigenvalue weighted by Gasteiger charge is -2.24. The summed E-state index contributed by atoms with van der Waals surface area (Å²) < 4.78 is 5.77. The Morgan fingerprint density at radius 3 is 2.10 bits per heavy atom. The smallest absolute Gasteiger partial charge is 0.0823 e. The van der Waals surface area contributed by atoms with Gasteiger partial charge in [-0.3, -0.25) is 0 Å². The number of ether oxygens (including phenoxy) is 1. The van der Waals surface area contributed by atoms with Gasteiger partial charge in [-0.05, 0) is 28.9 Å². The zero-order chi connectivity index (χ0) is 15.9. The van der Waals surface area contributed by atoms with Crippen LogP contribution in [0.2, 0.25) is 0 Å². The van der Waals surface area contributed by atoms with E-state index in [1.54, 1.807) is 0 Å². The second kappa shape index (κ2) is 8.58.